The van der Waals surface area contributed by atoms with Gasteiger partial charge in [-0.1, -0.05) is 48.6 Å². The van der Waals surface area contributed by atoms with Crippen LogP contribution >= 0.6 is 0 Å². The summed E-state index contributed by atoms with van der Waals surface area (Å²) in [5.74, 6) is -0.130. The first-order chi connectivity index (χ1) is 8.24. The molecule has 0 saturated heterocycles. The Kier molecular flexibility index (Phi) is 5.75. The van der Waals surface area contributed by atoms with Crippen molar-refractivity contribution in [3.05, 3.63) is 60.2 Å². The van der Waals surface area contributed by atoms with E-state index in [9.17, 15) is 4.79 Å². The molecule has 17 heavy (non-hydrogen) atoms. The summed E-state index contributed by atoms with van der Waals surface area (Å²) in [5.41, 5.74) is 6.96. The number of benzene rings is 1. The molecule has 1 unspecified atom stereocenters. The third kappa shape index (κ3) is 5.13. The number of carbonyl (C=O) groups excluding carboxylic acids is 1. The molecule has 1 aromatic carbocycles. The van der Waals surface area contributed by atoms with Gasteiger partial charge in [-0.25, -0.2) is 0 Å². The van der Waals surface area contributed by atoms with E-state index in [1.54, 1.807) is 12.2 Å². The minimum Gasteiger partial charge on any atom is -0.351 e. The van der Waals surface area contributed by atoms with Crippen LogP contribution in [0.1, 0.15) is 18.5 Å². The maximum absolute atomic E-state index is 11.4. The fraction of sp³-hybridized carbons (Fsp3) is 0.214. The normalized spacial score (nSPS) is 13.1. The van der Waals surface area contributed by atoms with E-state index in [4.69, 9.17) is 5.73 Å². The van der Waals surface area contributed by atoms with Crippen LogP contribution in [0.5, 0.6) is 0 Å². The van der Waals surface area contributed by atoms with E-state index in [0.717, 1.165) is 5.56 Å². The molecule has 0 aliphatic heterocycles. The largest absolute Gasteiger partial charge is 0.351 e. The fourth-order valence-corrected chi connectivity index (χ4v) is 1.34. The standard InChI is InChI=1S/C14H18N2O/c1-2-3-5-10-14(17)16-11-13(15)12-8-6-4-7-9-12/h2-10,13H,11,15H2,1H3,(H,16,17). The van der Waals surface area contributed by atoms with Crippen LogP contribution in [0.3, 0.4) is 0 Å². The van der Waals surface area contributed by atoms with Crippen molar-refractivity contribution in [2.45, 2.75) is 13.0 Å². The lowest BCUT2D eigenvalue weighted by Gasteiger charge is -2.11. The molecule has 0 spiro atoms. The van der Waals surface area contributed by atoms with E-state index in [0.29, 0.717) is 6.54 Å². The van der Waals surface area contributed by atoms with Crippen LogP contribution in [0.15, 0.2) is 54.6 Å². The highest BCUT2D eigenvalue weighted by atomic mass is 16.1. The minimum absolute atomic E-state index is 0.130. The fourth-order valence-electron chi connectivity index (χ4n) is 1.34. The van der Waals surface area contributed by atoms with Gasteiger partial charge in [-0.2, -0.15) is 0 Å². The lowest BCUT2D eigenvalue weighted by Crippen LogP contribution is -2.30. The van der Waals surface area contributed by atoms with Crippen LogP contribution in [0.25, 0.3) is 0 Å². The van der Waals surface area contributed by atoms with Gasteiger partial charge < -0.3 is 11.1 Å². The summed E-state index contributed by atoms with van der Waals surface area (Å²) < 4.78 is 0. The number of nitrogens with one attached hydrogen (secondary N) is 1. The van der Waals surface area contributed by atoms with Crippen molar-refractivity contribution in [3.63, 3.8) is 0 Å². The van der Waals surface area contributed by atoms with E-state index >= 15 is 0 Å². The summed E-state index contributed by atoms with van der Waals surface area (Å²) in [5, 5.41) is 2.76. The molecule has 0 radical (unpaired) electrons. The van der Waals surface area contributed by atoms with Crippen molar-refractivity contribution in [2.75, 3.05) is 6.54 Å². The number of carbonyl (C=O) groups is 1. The minimum atomic E-state index is -0.171. The van der Waals surface area contributed by atoms with Gasteiger partial charge in [0.25, 0.3) is 0 Å². The Bertz CT molecular complexity index is 396. The summed E-state index contributed by atoms with van der Waals surface area (Å²) in [6, 6.07) is 9.54. The van der Waals surface area contributed by atoms with Crippen molar-refractivity contribution < 1.29 is 4.79 Å². The van der Waals surface area contributed by atoms with Crippen molar-refractivity contribution in [3.8, 4) is 0 Å². The van der Waals surface area contributed by atoms with Crippen LogP contribution in [-0.2, 0) is 4.79 Å². The SMILES string of the molecule is CC=CC=CC(=O)NCC(N)c1ccccc1. The van der Waals surface area contributed by atoms with Crippen molar-refractivity contribution in [1.82, 2.24) is 5.32 Å². The highest BCUT2D eigenvalue weighted by molar-refractivity contribution is 5.87. The Morgan fingerprint density at radius 1 is 1.35 bits per heavy atom. The second-order valence-electron chi connectivity index (χ2n) is 3.65. The van der Waals surface area contributed by atoms with Gasteiger partial charge >= 0.3 is 0 Å². The van der Waals surface area contributed by atoms with Crippen molar-refractivity contribution in [1.29, 1.82) is 0 Å². The number of allylic oxidation sites excluding steroid dienone is 3. The average Bonchev–Trinajstić information content (AvgIpc) is 2.37. The second kappa shape index (κ2) is 7.41. The van der Waals surface area contributed by atoms with E-state index in [1.165, 1.54) is 6.08 Å². The van der Waals surface area contributed by atoms with Gasteiger partial charge in [-0.15, -0.1) is 0 Å². The smallest absolute Gasteiger partial charge is 0.244 e. The van der Waals surface area contributed by atoms with E-state index in [1.807, 2.05) is 43.3 Å². The zero-order chi connectivity index (χ0) is 12.5. The van der Waals surface area contributed by atoms with Gasteiger partial charge in [-0.3, -0.25) is 4.79 Å². The van der Waals surface area contributed by atoms with Crippen LogP contribution in [0.2, 0.25) is 0 Å². The molecular weight excluding hydrogens is 212 g/mol. The predicted octanol–water partition coefficient (Wildman–Crippen LogP) is 1.93. The third-order valence-corrected chi connectivity index (χ3v) is 2.28. The van der Waals surface area contributed by atoms with Gasteiger partial charge in [0.15, 0.2) is 0 Å². The van der Waals surface area contributed by atoms with Gasteiger partial charge in [0.1, 0.15) is 0 Å². The van der Waals surface area contributed by atoms with Crippen LogP contribution in [-0.4, -0.2) is 12.5 Å². The summed E-state index contributed by atoms with van der Waals surface area (Å²) in [6.07, 6.45) is 6.84. The Labute approximate surface area is 102 Å². The molecule has 0 bridgehead atoms. The lowest BCUT2D eigenvalue weighted by molar-refractivity contribution is -0.116. The van der Waals surface area contributed by atoms with Crippen LogP contribution < -0.4 is 11.1 Å². The molecule has 3 nitrogen and oxygen atoms in total. The Morgan fingerprint density at radius 3 is 2.71 bits per heavy atom. The first-order valence-electron chi connectivity index (χ1n) is 5.61. The average molecular weight is 230 g/mol. The Hall–Kier alpha value is -1.87. The van der Waals surface area contributed by atoms with Crippen molar-refractivity contribution in [2.24, 2.45) is 5.73 Å². The Balaban J connectivity index is 2.38. The first-order valence-corrected chi connectivity index (χ1v) is 5.61. The third-order valence-electron chi connectivity index (χ3n) is 2.28. The van der Waals surface area contributed by atoms with Crippen LogP contribution in [0, 0.1) is 0 Å². The molecule has 0 fully saturated rings. The Morgan fingerprint density at radius 2 is 2.06 bits per heavy atom. The molecule has 3 N–H and O–H groups in total. The van der Waals surface area contributed by atoms with E-state index < -0.39 is 0 Å². The van der Waals surface area contributed by atoms with Crippen molar-refractivity contribution >= 4 is 5.91 Å². The zero-order valence-corrected chi connectivity index (χ0v) is 9.97. The molecule has 3 heteroatoms. The molecule has 1 atom stereocenters. The molecule has 90 valence electrons. The number of rotatable bonds is 5. The van der Waals surface area contributed by atoms with Gasteiger partial charge in [0, 0.05) is 18.7 Å². The predicted molar refractivity (Wildman–Crippen MR) is 70.3 cm³/mol. The highest BCUT2D eigenvalue weighted by Gasteiger charge is 2.05. The summed E-state index contributed by atoms with van der Waals surface area (Å²) in [4.78, 5) is 11.4. The number of nitrogens with two attached hydrogens (primary N) is 1. The topological polar surface area (TPSA) is 55.1 Å². The molecule has 0 saturated carbocycles. The maximum Gasteiger partial charge on any atom is 0.244 e. The number of amides is 1. The number of hydrogen-bond donors (Lipinski definition) is 2. The van der Waals surface area contributed by atoms with E-state index in [-0.39, 0.29) is 11.9 Å². The highest BCUT2D eigenvalue weighted by Crippen LogP contribution is 2.07. The molecule has 0 aliphatic carbocycles. The van der Waals surface area contributed by atoms with E-state index in [2.05, 4.69) is 5.32 Å². The summed E-state index contributed by atoms with van der Waals surface area (Å²) in [6.45, 7) is 2.33. The van der Waals surface area contributed by atoms with Crippen LogP contribution in [0.4, 0.5) is 0 Å². The molecule has 0 aliphatic rings. The molecule has 1 amide bonds. The summed E-state index contributed by atoms with van der Waals surface area (Å²) in [7, 11) is 0. The lowest BCUT2D eigenvalue weighted by atomic mass is 10.1. The maximum atomic E-state index is 11.4. The molecular formula is C14H18N2O. The monoisotopic (exact) mass is 230 g/mol. The van der Waals surface area contributed by atoms with Gasteiger partial charge in [-0.05, 0) is 12.5 Å². The first kappa shape index (κ1) is 13.2. The molecule has 0 aromatic heterocycles. The quantitative estimate of drug-likeness (QED) is 0.600. The zero-order valence-electron chi connectivity index (χ0n) is 9.97. The molecule has 0 heterocycles. The van der Waals surface area contributed by atoms with Gasteiger partial charge in [0.2, 0.25) is 5.91 Å². The molecule has 1 rings (SSSR count). The molecule has 1 aromatic rings. The number of hydrogen-bond acceptors (Lipinski definition) is 2. The second-order valence-corrected chi connectivity index (χ2v) is 3.65. The summed E-state index contributed by atoms with van der Waals surface area (Å²) >= 11 is 0. The van der Waals surface area contributed by atoms with Gasteiger partial charge in [0.05, 0.1) is 0 Å².